The molecule has 2 unspecified atom stereocenters. The van der Waals surface area contributed by atoms with Crippen LogP contribution in [0.25, 0.3) is 0 Å². The van der Waals surface area contributed by atoms with Gasteiger partial charge in [0.15, 0.2) is 0 Å². The predicted molar refractivity (Wildman–Crippen MR) is 234 cm³/mol. The van der Waals surface area contributed by atoms with Crippen LogP contribution in [0, 0.1) is 0 Å². The molecule has 0 aromatic carbocycles. The van der Waals surface area contributed by atoms with E-state index in [9.17, 15) is 29.4 Å². The summed E-state index contributed by atoms with van der Waals surface area (Å²) >= 11 is 0. The number of aliphatic carboxylic acids is 2. The average Bonchev–Trinajstić information content (AvgIpc) is 3.12. The first-order chi connectivity index (χ1) is 26.9. The molecule has 0 aliphatic carbocycles. The van der Waals surface area contributed by atoms with Gasteiger partial charge in [-0.05, 0) is 65.2 Å². The van der Waals surface area contributed by atoms with E-state index in [1.165, 1.54) is 141 Å². The molecule has 0 aliphatic rings. The number of ether oxygens (including phenoxy) is 2. The Morgan fingerprint density at radius 2 is 0.526 bits per heavy atom. The summed E-state index contributed by atoms with van der Waals surface area (Å²) in [4.78, 5) is 45.0. The fourth-order valence-electron chi connectivity index (χ4n) is 7.49. The standard InChI is InChI=1S/2C24H46O4.Mg/c2*1-4-6-8-10-11-12-13-14-16-18-20-24(3,19-17-15-9-7-5-2)28-23(27)21-22(25)26;/h2*4-21H2,1-3H3,(H,25,26);/q;;+2/p-2. The smallest absolute Gasteiger partial charge is 0.550 e. The molecule has 8 nitrogen and oxygen atoms in total. The Kier molecular flexibility index (Phi) is 45.0. The van der Waals surface area contributed by atoms with Crippen molar-refractivity contribution < 1.29 is 38.9 Å². The van der Waals surface area contributed by atoms with E-state index < -0.39 is 47.9 Å². The van der Waals surface area contributed by atoms with E-state index in [2.05, 4.69) is 27.7 Å². The number of esters is 2. The minimum atomic E-state index is -1.37. The molecule has 0 saturated heterocycles. The van der Waals surface area contributed by atoms with Crippen molar-refractivity contribution in [2.75, 3.05) is 0 Å². The zero-order valence-electron chi connectivity index (χ0n) is 38.4. The van der Waals surface area contributed by atoms with Gasteiger partial charge < -0.3 is 29.3 Å². The van der Waals surface area contributed by atoms with Gasteiger partial charge in [-0.15, -0.1) is 0 Å². The molecular formula is C48H90MgO8. The maximum Gasteiger partial charge on any atom is 2.00 e. The van der Waals surface area contributed by atoms with Crippen molar-refractivity contribution in [3.05, 3.63) is 0 Å². The second-order valence-electron chi connectivity index (χ2n) is 17.1. The Balaban J connectivity index is -0.00000101. The topological polar surface area (TPSA) is 133 Å². The third kappa shape index (κ3) is 44.0. The first-order valence-corrected chi connectivity index (χ1v) is 23.7. The van der Waals surface area contributed by atoms with E-state index in [1.807, 2.05) is 13.8 Å². The molecule has 0 bridgehead atoms. The summed E-state index contributed by atoms with van der Waals surface area (Å²) in [7, 11) is 0. The fraction of sp³-hybridized carbons (Fsp3) is 0.917. The number of rotatable bonds is 40. The van der Waals surface area contributed by atoms with Crippen molar-refractivity contribution in [3.63, 3.8) is 0 Å². The molecule has 9 heteroatoms. The minimum Gasteiger partial charge on any atom is -0.550 e. The van der Waals surface area contributed by atoms with Crippen LogP contribution in [-0.4, -0.2) is 58.1 Å². The van der Waals surface area contributed by atoms with Crippen LogP contribution in [0.1, 0.15) is 273 Å². The minimum absolute atomic E-state index is 0. The molecular weight excluding hydrogens is 729 g/mol. The van der Waals surface area contributed by atoms with Crippen LogP contribution in [0.3, 0.4) is 0 Å². The molecule has 0 amide bonds. The van der Waals surface area contributed by atoms with Gasteiger partial charge in [0.25, 0.3) is 0 Å². The number of hydrogen-bond donors (Lipinski definition) is 0. The SMILES string of the molecule is CCCCCCCCCCCCC(C)(CCCCCCC)OC(=O)CC(=O)[O-].CCCCCCCCCCCCC(C)(CCCCCCC)OC(=O)CC(=O)[O-].[Mg+2]. The number of hydrogen-bond acceptors (Lipinski definition) is 8. The summed E-state index contributed by atoms with van der Waals surface area (Å²) < 4.78 is 11.2. The molecule has 0 aromatic heterocycles. The summed E-state index contributed by atoms with van der Waals surface area (Å²) in [6, 6.07) is 0. The van der Waals surface area contributed by atoms with Gasteiger partial charge in [-0.3, -0.25) is 9.59 Å². The summed E-state index contributed by atoms with van der Waals surface area (Å²) in [5.74, 6) is -4.06. The fourth-order valence-corrected chi connectivity index (χ4v) is 7.49. The van der Waals surface area contributed by atoms with Crippen LogP contribution in [0.5, 0.6) is 0 Å². The van der Waals surface area contributed by atoms with E-state index in [0.717, 1.165) is 77.0 Å². The zero-order chi connectivity index (χ0) is 42.2. The summed E-state index contributed by atoms with van der Waals surface area (Å²) in [6.07, 6.45) is 39.0. The van der Waals surface area contributed by atoms with Gasteiger partial charge >= 0.3 is 35.0 Å². The van der Waals surface area contributed by atoms with Crippen molar-refractivity contribution in [1.29, 1.82) is 0 Å². The van der Waals surface area contributed by atoms with Crippen LogP contribution in [0.4, 0.5) is 0 Å². The Hall–Kier alpha value is -1.35. The summed E-state index contributed by atoms with van der Waals surface area (Å²) in [5.41, 5.74) is -1.09. The van der Waals surface area contributed by atoms with E-state index in [4.69, 9.17) is 9.47 Å². The molecule has 0 saturated carbocycles. The first-order valence-electron chi connectivity index (χ1n) is 23.7. The number of carbonyl (C=O) groups excluding carboxylic acids is 4. The summed E-state index contributed by atoms with van der Waals surface area (Å²) in [6.45, 7) is 12.8. The van der Waals surface area contributed by atoms with Gasteiger partial charge in [0.2, 0.25) is 0 Å². The molecule has 0 N–H and O–H groups in total. The Bertz CT molecular complexity index is 869. The Morgan fingerprint density at radius 3 is 0.702 bits per heavy atom. The molecule has 332 valence electrons. The third-order valence-electron chi connectivity index (χ3n) is 11.0. The number of unbranched alkanes of at least 4 members (excludes halogenated alkanes) is 26. The molecule has 0 aromatic rings. The van der Waals surface area contributed by atoms with Crippen LogP contribution in [0.15, 0.2) is 0 Å². The number of carboxylic acids is 2. The van der Waals surface area contributed by atoms with Crippen LogP contribution >= 0.6 is 0 Å². The predicted octanol–water partition coefficient (Wildman–Crippen LogP) is 11.8. The second kappa shape index (κ2) is 42.8. The Labute approximate surface area is 368 Å². The van der Waals surface area contributed by atoms with Crippen molar-refractivity contribution in [1.82, 2.24) is 0 Å². The molecule has 0 radical (unpaired) electrons. The zero-order valence-corrected chi connectivity index (χ0v) is 39.8. The molecule has 0 aliphatic heterocycles. The first kappa shape index (κ1) is 60.0. The molecule has 2 atom stereocenters. The van der Waals surface area contributed by atoms with Gasteiger partial charge in [-0.2, -0.15) is 0 Å². The average molecular weight is 820 g/mol. The van der Waals surface area contributed by atoms with Crippen molar-refractivity contribution in [2.24, 2.45) is 0 Å². The maximum absolute atomic E-state index is 11.8. The van der Waals surface area contributed by atoms with Crippen molar-refractivity contribution >= 4 is 46.9 Å². The molecule has 0 spiro atoms. The largest absolute Gasteiger partial charge is 2.00 e. The van der Waals surface area contributed by atoms with Crippen LogP contribution in [-0.2, 0) is 28.7 Å². The number of carbonyl (C=O) groups is 4. The maximum atomic E-state index is 11.8. The third-order valence-corrected chi connectivity index (χ3v) is 11.0. The van der Waals surface area contributed by atoms with Gasteiger partial charge in [0.1, 0.15) is 11.2 Å². The molecule has 0 fully saturated rings. The van der Waals surface area contributed by atoms with Gasteiger partial charge in [-0.1, -0.05) is 195 Å². The van der Waals surface area contributed by atoms with Crippen molar-refractivity contribution in [3.8, 4) is 0 Å². The molecule has 57 heavy (non-hydrogen) atoms. The second-order valence-corrected chi connectivity index (χ2v) is 17.1. The normalized spacial score (nSPS) is 13.0. The van der Waals surface area contributed by atoms with Crippen LogP contribution in [0.2, 0.25) is 0 Å². The molecule has 0 rings (SSSR count). The molecule has 0 heterocycles. The van der Waals surface area contributed by atoms with Gasteiger partial charge in [-0.25, -0.2) is 0 Å². The van der Waals surface area contributed by atoms with E-state index in [1.54, 1.807) is 0 Å². The Morgan fingerprint density at radius 1 is 0.351 bits per heavy atom. The van der Waals surface area contributed by atoms with Crippen LogP contribution < -0.4 is 10.2 Å². The van der Waals surface area contributed by atoms with E-state index in [-0.39, 0.29) is 23.1 Å². The quantitative estimate of drug-likeness (QED) is 0.0258. The van der Waals surface area contributed by atoms with Gasteiger partial charge in [0.05, 0.1) is 24.8 Å². The summed E-state index contributed by atoms with van der Waals surface area (Å²) in [5, 5.41) is 21.3. The van der Waals surface area contributed by atoms with Gasteiger partial charge in [0, 0.05) is 0 Å². The monoisotopic (exact) mass is 819 g/mol. The van der Waals surface area contributed by atoms with E-state index in [0.29, 0.717) is 0 Å². The van der Waals surface area contributed by atoms with Crippen molar-refractivity contribution in [2.45, 2.75) is 284 Å². The van der Waals surface area contributed by atoms with E-state index >= 15 is 0 Å². The number of carboxylic acid groups (broad SMARTS) is 2.